The van der Waals surface area contributed by atoms with Crippen LogP contribution in [0.1, 0.15) is 51.4 Å². The summed E-state index contributed by atoms with van der Waals surface area (Å²) in [6.07, 6.45) is 11.9. The van der Waals surface area contributed by atoms with Gasteiger partial charge in [-0.2, -0.15) is 0 Å². The van der Waals surface area contributed by atoms with Crippen molar-refractivity contribution in [3.8, 4) is 0 Å². The minimum Gasteiger partial charge on any atom is -0.311 e. The maximum atomic E-state index is 3.89. The zero-order chi connectivity index (χ0) is 13.6. The third kappa shape index (κ3) is 1.66. The van der Waals surface area contributed by atoms with Gasteiger partial charge in [0, 0.05) is 42.8 Å². The highest BCUT2D eigenvalue weighted by Gasteiger charge is 2.55. The van der Waals surface area contributed by atoms with Crippen LogP contribution in [0.2, 0.25) is 0 Å². The summed E-state index contributed by atoms with van der Waals surface area (Å²) < 4.78 is 0. The molecule has 5 saturated heterocycles. The van der Waals surface area contributed by atoms with Crippen molar-refractivity contribution in [2.24, 2.45) is 17.8 Å². The first kappa shape index (κ1) is 12.3. The summed E-state index contributed by atoms with van der Waals surface area (Å²) in [5.74, 6) is 3.09. The quantitative estimate of drug-likeness (QED) is 0.810. The summed E-state index contributed by atoms with van der Waals surface area (Å²) >= 11 is 0. The van der Waals surface area contributed by atoms with Gasteiger partial charge in [-0.1, -0.05) is 0 Å². The van der Waals surface area contributed by atoms with E-state index >= 15 is 0 Å². The molecule has 21 heavy (non-hydrogen) atoms. The molecule has 0 aromatic carbocycles. The second kappa shape index (κ2) is 4.24. The Kier molecular flexibility index (Phi) is 2.49. The van der Waals surface area contributed by atoms with E-state index in [-0.39, 0.29) is 0 Å². The van der Waals surface area contributed by atoms with Gasteiger partial charge in [0.05, 0.1) is 0 Å². The van der Waals surface area contributed by atoms with Crippen LogP contribution in [0.4, 0.5) is 0 Å². The van der Waals surface area contributed by atoms with Gasteiger partial charge in [0.15, 0.2) is 0 Å². The first-order chi connectivity index (χ1) is 10.3. The summed E-state index contributed by atoms with van der Waals surface area (Å²) in [5.41, 5.74) is 0. The topological polar surface area (TPSA) is 27.3 Å². The Hall–Kier alpha value is -0.120. The van der Waals surface area contributed by atoms with Gasteiger partial charge in [-0.05, 0) is 69.1 Å². The maximum absolute atomic E-state index is 3.89. The van der Waals surface area contributed by atoms with Crippen molar-refractivity contribution >= 4 is 0 Å². The maximum Gasteiger partial charge on any atom is 0.0253 e. The fourth-order valence-corrected chi connectivity index (χ4v) is 7.32. The highest BCUT2D eigenvalue weighted by atomic mass is 15.3. The van der Waals surface area contributed by atoms with Crippen molar-refractivity contribution in [1.82, 2.24) is 15.5 Å². The highest BCUT2D eigenvalue weighted by molar-refractivity contribution is 5.11. The first-order valence-corrected chi connectivity index (χ1v) is 9.63. The smallest absolute Gasteiger partial charge is 0.0253 e. The molecule has 2 N–H and O–H groups in total. The molecule has 7 fully saturated rings. The summed E-state index contributed by atoms with van der Waals surface area (Å²) in [6.45, 7) is 1.43. The summed E-state index contributed by atoms with van der Waals surface area (Å²) in [5, 5.41) is 7.72. The summed E-state index contributed by atoms with van der Waals surface area (Å²) in [4.78, 5) is 3.00. The standard InChI is InChI=1S/C18H29N3/c1-3-15-13(7-11(1)19-15)14-5-10-6-18(14)21(9-10)17-4-2-12-8-16(17)20-12/h10-20H,1-9H2. The van der Waals surface area contributed by atoms with E-state index in [0.717, 1.165) is 54.0 Å². The number of fused-ring (bicyclic) bond motifs is 6. The zero-order valence-electron chi connectivity index (χ0n) is 13.0. The number of nitrogens with zero attached hydrogens (tertiary/aromatic N) is 1. The molecule has 2 aliphatic carbocycles. The molecule has 0 amide bonds. The second-order valence-corrected chi connectivity index (χ2v) is 9.06. The monoisotopic (exact) mass is 287 g/mol. The van der Waals surface area contributed by atoms with Crippen molar-refractivity contribution in [2.75, 3.05) is 6.54 Å². The first-order valence-electron chi connectivity index (χ1n) is 9.63. The van der Waals surface area contributed by atoms with E-state index in [0.29, 0.717) is 0 Å². The third-order valence-electron chi connectivity index (χ3n) is 8.16. The van der Waals surface area contributed by atoms with Crippen LogP contribution in [-0.2, 0) is 0 Å². The molecule has 9 atom stereocenters. The van der Waals surface area contributed by atoms with E-state index in [1.807, 2.05) is 0 Å². The van der Waals surface area contributed by atoms with Crippen LogP contribution >= 0.6 is 0 Å². The van der Waals surface area contributed by atoms with Gasteiger partial charge >= 0.3 is 0 Å². The molecule has 0 spiro atoms. The molecule has 5 aliphatic heterocycles. The van der Waals surface area contributed by atoms with Gasteiger partial charge in [-0.15, -0.1) is 0 Å². The Morgan fingerprint density at radius 1 is 0.667 bits per heavy atom. The SMILES string of the molecule is C1CC2NC1CC2C1CC2CC1N(C1CCC3CC1N3)C2. The lowest BCUT2D eigenvalue weighted by molar-refractivity contribution is 0.000482. The normalized spacial score (nSPS) is 61.4. The molecule has 3 nitrogen and oxygen atoms in total. The average molecular weight is 287 g/mol. The van der Waals surface area contributed by atoms with Crippen LogP contribution in [-0.4, -0.2) is 47.7 Å². The molecule has 3 heteroatoms. The van der Waals surface area contributed by atoms with Crippen LogP contribution in [0.25, 0.3) is 0 Å². The van der Waals surface area contributed by atoms with Crippen LogP contribution < -0.4 is 10.6 Å². The highest BCUT2D eigenvalue weighted by Crippen LogP contribution is 2.52. The van der Waals surface area contributed by atoms with Gasteiger partial charge in [0.25, 0.3) is 0 Å². The van der Waals surface area contributed by atoms with Crippen LogP contribution in [0.15, 0.2) is 0 Å². The molecule has 5 heterocycles. The number of piperidine rings is 2. The lowest BCUT2D eigenvalue weighted by atomic mass is 9.73. The number of hydrogen-bond acceptors (Lipinski definition) is 3. The molecular weight excluding hydrogens is 258 g/mol. The predicted molar refractivity (Wildman–Crippen MR) is 83.1 cm³/mol. The fourth-order valence-electron chi connectivity index (χ4n) is 7.32. The van der Waals surface area contributed by atoms with Crippen LogP contribution in [0.5, 0.6) is 0 Å². The minimum absolute atomic E-state index is 0.849. The van der Waals surface area contributed by atoms with E-state index in [9.17, 15) is 0 Å². The van der Waals surface area contributed by atoms with Crippen molar-refractivity contribution in [3.63, 3.8) is 0 Å². The Morgan fingerprint density at radius 3 is 2.19 bits per heavy atom. The molecule has 116 valence electrons. The van der Waals surface area contributed by atoms with Gasteiger partial charge in [-0.3, -0.25) is 4.90 Å². The summed E-state index contributed by atoms with van der Waals surface area (Å²) in [6, 6.07) is 5.35. The average Bonchev–Trinajstić information content (AvgIpc) is 3.25. The molecule has 0 radical (unpaired) electrons. The van der Waals surface area contributed by atoms with E-state index in [2.05, 4.69) is 15.5 Å². The van der Waals surface area contributed by atoms with Crippen LogP contribution in [0.3, 0.4) is 0 Å². The largest absolute Gasteiger partial charge is 0.311 e. The Balaban J connectivity index is 1.23. The van der Waals surface area contributed by atoms with E-state index in [4.69, 9.17) is 0 Å². The molecule has 6 bridgehead atoms. The van der Waals surface area contributed by atoms with Crippen molar-refractivity contribution in [1.29, 1.82) is 0 Å². The summed E-state index contributed by atoms with van der Waals surface area (Å²) in [7, 11) is 0. The van der Waals surface area contributed by atoms with E-state index in [1.165, 1.54) is 51.5 Å². The lowest BCUT2D eigenvalue weighted by Gasteiger charge is -2.54. The predicted octanol–water partition coefficient (Wildman–Crippen LogP) is 1.73. The molecule has 0 aromatic heterocycles. The van der Waals surface area contributed by atoms with Crippen molar-refractivity contribution in [3.05, 3.63) is 0 Å². The lowest BCUT2D eigenvalue weighted by Crippen LogP contribution is -2.67. The number of nitrogens with one attached hydrogen (secondary N) is 2. The van der Waals surface area contributed by atoms with Gasteiger partial charge in [0.1, 0.15) is 0 Å². The second-order valence-electron chi connectivity index (χ2n) is 9.06. The molecular formula is C18H29N3. The molecule has 9 unspecified atom stereocenters. The zero-order valence-corrected chi connectivity index (χ0v) is 13.0. The molecule has 7 aliphatic rings. The molecule has 7 rings (SSSR count). The number of likely N-dealkylation sites (tertiary alicyclic amines) is 1. The van der Waals surface area contributed by atoms with E-state index in [1.54, 1.807) is 6.42 Å². The third-order valence-corrected chi connectivity index (χ3v) is 8.16. The number of hydrogen-bond donors (Lipinski definition) is 2. The Labute approximate surface area is 128 Å². The van der Waals surface area contributed by atoms with Gasteiger partial charge < -0.3 is 10.6 Å². The number of rotatable bonds is 2. The van der Waals surface area contributed by atoms with Crippen molar-refractivity contribution < 1.29 is 0 Å². The Morgan fingerprint density at radius 2 is 1.52 bits per heavy atom. The van der Waals surface area contributed by atoms with Gasteiger partial charge in [-0.25, -0.2) is 0 Å². The fraction of sp³-hybridized carbons (Fsp3) is 1.00. The Bertz CT molecular complexity index is 431. The van der Waals surface area contributed by atoms with Gasteiger partial charge in [0.2, 0.25) is 0 Å². The molecule has 2 saturated carbocycles. The van der Waals surface area contributed by atoms with E-state index < -0.39 is 0 Å². The van der Waals surface area contributed by atoms with Crippen LogP contribution in [0, 0.1) is 17.8 Å². The molecule has 0 aromatic rings. The minimum atomic E-state index is 0.849. The van der Waals surface area contributed by atoms with Crippen molar-refractivity contribution in [2.45, 2.75) is 87.6 Å².